The van der Waals surface area contributed by atoms with Crippen LogP contribution in [0.25, 0.3) is 31.3 Å². The van der Waals surface area contributed by atoms with Crippen LogP contribution in [0.5, 0.6) is 0 Å². The van der Waals surface area contributed by atoms with Gasteiger partial charge in [-0.25, -0.2) is 0 Å². The van der Waals surface area contributed by atoms with Gasteiger partial charge in [0.25, 0.3) is 0 Å². The van der Waals surface area contributed by atoms with Crippen LogP contribution < -0.4 is 20.7 Å². The summed E-state index contributed by atoms with van der Waals surface area (Å²) in [6.07, 6.45) is 0. The summed E-state index contributed by atoms with van der Waals surface area (Å²) >= 11 is 1.96. The maximum absolute atomic E-state index is 2.46. The van der Waals surface area contributed by atoms with Gasteiger partial charge in [0.05, 0.1) is 0 Å². The summed E-state index contributed by atoms with van der Waals surface area (Å²) in [5.74, 6) is 0. The van der Waals surface area contributed by atoms with E-state index in [9.17, 15) is 0 Å². The van der Waals surface area contributed by atoms with E-state index in [4.69, 9.17) is 0 Å². The molecule has 6 aromatic rings. The van der Waals surface area contributed by atoms with Crippen LogP contribution in [0, 0.1) is 6.92 Å². The van der Waals surface area contributed by atoms with Crippen LogP contribution in [-0.2, 0) is 0 Å². The van der Waals surface area contributed by atoms with E-state index in [1.54, 1.807) is 0 Å². The van der Waals surface area contributed by atoms with Gasteiger partial charge in [0.15, 0.2) is 8.07 Å². The van der Waals surface area contributed by atoms with E-state index in [1.165, 1.54) is 57.6 Å². The molecule has 0 saturated carbocycles. The predicted molar refractivity (Wildman–Crippen MR) is 147 cm³/mol. The Balaban J connectivity index is 1.71. The predicted octanol–water partition coefficient (Wildman–Crippen LogP) is 5.72. The third-order valence-corrected chi connectivity index (χ3v) is 13.3. The largest absolute Gasteiger partial charge is 0.180 e. The van der Waals surface area contributed by atoms with Gasteiger partial charge in [-0.05, 0) is 50.4 Å². The molecule has 2 heteroatoms. The van der Waals surface area contributed by atoms with Gasteiger partial charge in [-0.2, -0.15) is 0 Å². The van der Waals surface area contributed by atoms with Gasteiger partial charge in [0.1, 0.15) is 0 Å². The molecule has 156 valence electrons. The zero-order chi connectivity index (χ0) is 22.0. The Labute approximate surface area is 198 Å². The van der Waals surface area contributed by atoms with Crippen molar-refractivity contribution < 1.29 is 0 Å². The molecule has 1 aliphatic heterocycles. The molecule has 0 fully saturated rings. The van der Waals surface area contributed by atoms with Crippen molar-refractivity contribution in [2.24, 2.45) is 0 Å². The number of rotatable bonds is 2. The van der Waals surface area contributed by atoms with Gasteiger partial charge in [-0.15, -0.1) is 11.3 Å². The van der Waals surface area contributed by atoms with Crippen LogP contribution >= 0.6 is 11.3 Å². The van der Waals surface area contributed by atoms with Crippen molar-refractivity contribution in [2.45, 2.75) is 6.92 Å². The molecule has 0 spiro atoms. The van der Waals surface area contributed by atoms with Crippen LogP contribution in [0.2, 0.25) is 0 Å². The van der Waals surface area contributed by atoms with E-state index in [-0.39, 0.29) is 0 Å². The molecule has 0 nitrogen and oxygen atoms in total. The molecule has 1 aliphatic rings. The maximum atomic E-state index is 2.46. The fourth-order valence-electron chi connectivity index (χ4n) is 5.98. The first kappa shape index (κ1) is 19.0. The number of fused-ring (bicyclic) bond motifs is 7. The molecule has 0 radical (unpaired) electrons. The molecule has 0 atom stereocenters. The van der Waals surface area contributed by atoms with Gasteiger partial charge in [-0.1, -0.05) is 109 Å². The van der Waals surface area contributed by atoms with Crippen molar-refractivity contribution in [1.82, 2.24) is 0 Å². The Morgan fingerprint density at radius 3 is 1.97 bits per heavy atom. The fourth-order valence-corrected chi connectivity index (χ4v) is 12.6. The number of hydrogen-bond acceptors (Lipinski definition) is 1. The first-order valence-electron chi connectivity index (χ1n) is 11.5. The molecule has 0 N–H and O–H groups in total. The highest BCUT2D eigenvalue weighted by Crippen LogP contribution is 2.42. The zero-order valence-corrected chi connectivity index (χ0v) is 20.2. The standard InChI is InChI=1S/C31H22SSi/c1-21-11-10-17-26-29(21)25-19-20-28-30(31(25)32-26)24-16-8-9-18-27(24)33(28,22-12-4-2-5-13-22)23-14-6-3-7-15-23/h2-20H,1H3. The molecule has 0 bridgehead atoms. The van der Waals surface area contributed by atoms with Crippen molar-refractivity contribution in [3.05, 3.63) is 121 Å². The van der Waals surface area contributed by atoms with E-state index < -0.39 is 8.07 Å². The molecule has 0 amide bonds. The second-order valence-corrected chi connectivity index (χ2v) is 13.7. The van der Waals surface area contributed by atoms with Crippen LogP contribution in [0.4, 0.5) is 0 Å². The van der Waals surface area contributed by atoms with Crippen LogP contribution in [0.1, 0.15) is 5.56 Å². The normalized spacial score (nSPS) is 13.8. The molecule has 0 aliphatic carbocycles. The highest BCUT2D eigenvalue weighted by Gasteiger charge is 2.49. The lowest BCUT2D eigenvalue weighted by molar-refractivity contribution is 1.55. The van der Waals surface area contributed by atoms with E-state index in [0.29, 0.717) is 0 Å². The van der Waals surface area contributed by atoms with Crippen molar-refractivity contribution >= 4 is 60.3 Å². The topological polar surface area (TPSA) is 0 Å². The minimum atomic E-state index is -2.40. The van der Waals surface area contributed by atoms with Gasteiger partial charge < -0.3 is 0 Å². The molecule has 2 heterocycles. The minimum Gasteiger partial charge on any atom is -0.135 e. The Kier molecular flexibility index (Phi) is 4.05. The summed E-state index contributed by atoms with van der Waals surface area (Å²) in [6, 6.07) is 43.2. The lowest BCUT2D eigenvalue weighted by atomic mass is 10.0. The first-order chi connectivity index (χ1) is 16.3. The summed E-state index contributed by atoms with van der Waals surface area (Å²) in [6.45, 7) is 2.24. The van der Waals surface area contributed by atoms with Crippen molar-refractivity contribution in [3.63, 3.8) is 0 Å². The van der Waals surface area contributed by atoms with E-state index in [1.807, 2.05) is 11.3 Å². The average Bonchev–Trinajstić information content (AvgIpc) is 3.40. The summed E-state index contributed by atoms with van der Waals surface area (Å²) in [5.41, 5.74) is 4.24. The van der Waals surface area contributed by atoms with Crippen molar-refractivity contribution in [2.75, 3.05) is 0 Å². The number of hydrogen-bond donors (Lipinski definition) is 0. The highest BCUT2D eigenvalue weighted by molar-refractivity contribution is 7.28. The Bertz CT molecular complexity index is 1620. The van der Waals surface area contributed by atoms with Gasteiger partial charge in [0, 0.05) is 20.2 Å². The number of benzene rings is 5. The summed E-state index contributed by atoms with van der Waals surface area (Å²) in [5, 5.41) is 8.76. The molecule has 33 heavy (non-hydrogen) atoms. The second kappa shape index (κ2) is 7.02. The molecule has 7 rings (SSSR count). The summed E-state index contributed by atoms with van der Waals surface area (Å²) in [4.78, 5) is 0. The number of thiophene rings is 1. The third kappa shape index (κ3) is 2.45. The average molecular weight is 455 g/mol. The van der Waals surface area contributed by atoms with Crippen LogP contribution in [-0.4, -0.2) is 8.07 Å². The maximum Gasteiger partial charge on any atom is 0.180 e. The minimum absolute atomic E-state index is 1.36. The SMILES string of the molecule is Cc1cccc2sc3c4c(ccc3c12)[Si](c1ccccc1)(c1ccccc1)c1ccccc1-4. The fraction of sp³-hybridized carbons (Fsp3) is 0.0323. The molecule has 1 aromatic heterocycles. The zero-order valence-electron chi connectivity index (χ0n) is 18.4. The highest BCUT2D eigenvalue weighted by atomic mass is 32.1. The monoisotopic (exact) mass is 454 g/mol. The Morgan fingerprint density at radius 2 is 1.24 bits per heavy atom. The van der Waals surface area contributed by atoms with Gasteiger partial charge >= 0.3 is 0 Å². The Morgan fingerprint density at radius 1 is 0.576 bits per heavy atom. The van der Waals surface area contributed by atoms with Crippen LogP contribution in [0.15, 0.2) is 115 Å². The molecular weight excluding hydrogens is 432 g/mol. The molecule has 0 unspecified atom stereocenters. The summed E-state index contributed by atoms with van der Waals surface area (Å²) < 4.78 is 2.82. The molecular formula is C31H22SSi. The van der Waals surface area contributed by atoms with Crippen LogP contribution in [0.3, 0.4) is 0 Å². The smallest absolute Gasteiger partial charge is 0.135 e. The molecule has 0 saturated heterocycles. The van der Waals surface area contributed by atoms with Crippen molar-refractivity contribution in [3.8, 4) is 11.1 Å². The lowest BCUT2D eigenvalue weighted by Gasteiger charge is -2.31. The quantitative estimate of drug-likeness (QED) is 0.293. The van der Waals surface area contributed by atoms with Gasteiger partial charge in [0.2, 0.25) is 0 Å². The van der Waals surface area contributed by atoms with E-state index in [2.05, 4.69) is 122 Å². The Hall–Kier alpha value is -3.46. The van der Waals surface area contributed by atoms with Gasteiger partial charge in [-0.3, -0.25) is 0 Å². The van der Waals surface area contributed by atoms with E-state index in [0.717, 1.165) is 0 Å². The van der Waals surface area contributed by atoms with Crippen molar-refractivity contribution in [1.29, 1.82) is 0 Å². The second-order valence-electron chi connectivity index (χ2n) is 8.94. The molecule has 5 aromatic carbocycles. The number of aryl methyl sites for hydroxylation is 1. The van der Waals surface area contributed by atoms with E-state index >= 15 is 0 Å². The third-order valence-electron chi connectivity index (χ3n) is 7.29. The summed E-state index contributed by atoms with van der Waals surface area (Å²) in [7, 11) is -2.40. The lowest BCUT2D eigenvalue weighted by Crippen LogP contribution is -2.72. The first-order valence-corrected chi connectivity index (χ1v) is 14.3.